The van der Waals surface area contributed by atoms with Crippen LogP contribution in [0.25, 0.3) is 0 Å². The standard InChI is InChI=1S/C11H18ClN3O2S/c1-4-18(16,17)6-5-13-10-7-9(12)14-11(15-10)8(2)3/h7-8H,4-6H2,1-3H3,(H,13,14,15). The number of sulfone groups is 1. The molecule has 102 valence electrons. The minimum absolute atomic E-state index is 0.0855. The van der Waals surface area contributed by atoms with Crippen molar-refractivity contribution in [3.63, 3.8) is 0 Å². The molecule has 0 unspecified atom stereocenters. The van der Waals surface area contributed by atoms with Gasteiger partial charge in [0, 0.05) is 24.3 Å². The SMILES string of the molecule is CCS(=O)(=O)CCNc1cc(Cl)nc(C(C)C)n1. The van der Waals surface area contributed by atoms with E-state index < -0.39 is 9.84 Å². The minimum atomic E-state index is -2.97. The summed E-state index contributed by atoms with van der Waals surface area (Å²) in [6.45, 7) is 5.89. The second kappa shape index (κ2) is 6.33. The zero-order valence-corrected chi connectivity index (χ0v) is 12.3. The molecule has 5 nitrogen and oxygen atoms in total. The second-order valence-electron chi connectivity index (χ2n) is 4.25. The van der Waals surface area contributed by atoms with E-state index in [-0.39, 0.29) is 17.4 Å². The van der Waals surface area contributed by atoms with Crippen LogP contribution in [0.5, 0.6) is 0 Å². The zero-order chi connectivity index (χ0) is 13.8. The summed E-state index contributed by atoms with van der Waals surface area (Å²) < 4.78 is 22.7. The first kappa shape index (κ1) is 15.2. The normalized spacial score (nSPS) is 11.8. The molecule has 0 saturated carbocycles. The fourth-order valence-corrected chi connectivity index (χ4v) is 2.15. The summed E-state index contributed by atoms with van der Waals surface area (Å²) in [6.07, 6.45) is 0. The van der Waals surface area contributed by atoms with Gasteiger partial charge in [-0.15, -0.1) is 0 Å². The molecular formula is C11H18ClN3O2S. The largest absolute Gasteiger partial charge is 0.369 e. The molecule has 0 amide bonds. The van der Waals surface area contributed by atoms with Crippen molar-refractivity contribution in [1.29, 1.82) is 0 Å². The third-order valence-corrected chi connectivity index (χ3v) is 4.29. The predicted octanol–water partition coefficient (Wildman–Crippen LogP) is 2.10. The molecule has 0 fully saturated rings. The van der Waals surface area contributed by atoms with E-state index in [0.29, 0.717) is 23.3 Å². The van der Waals surface area contributed by atoms with E-state index in [2.05, 4.69) is 15.3 Å². The van der Waals surface area contributed by atoms with Crippen molar-refractivity contribution in [3.05, 3.63) is 17.0 Å². The lowest BCUT2D eigenvalue weighted by Crippen LogP contribution is -2.18. The summed E-state index contributed by atoms with van der Waals surface area (Å²) >= 11 is 5.88. The number of rotatable bonds is 6. The molecular weight excluding hydrogens is 274 g/mol. The second-order valence-corrected chi connectivity index (χ2v) is 7.11. The molecule has 0 spiro atoms. The summed E-state index contributed by atoms with van der Waals surface area (Å²) in [6, 6.07) is 1.59. The van der Waals surface area contributed by atoms with Gasteiger partial charge < -0.3 is 5.32 Å². The lowest BCUT2D eigenvalue weighted by Gasteiger charge is -2.09. The highest BCUT2D eigenvalue weighted by Gasteiger charge is 2.09. The Labute approximate surface area is 113 Å². The number of nitrogens with one attached hydrogen (secondary N) is 1. The molecule has 0 saturated heterocycles. The number of hydrogen-bond acceptors (Lipinski definition) is 5. The highest BCUT2D eigenvalue weighted by atomic mass is 35.5. The van der Waals surface area contributed by atoms with E-state index in [1.807, 2.05) is 13.8 Å². The van der Waals surface area contributed by atoms with Crippen LogP contribution < -0.4 is 5.32 Å². The van der Waals surface area contributed by atoms with Crippen LogP contribution in [-0.2, 0) is 9.84 Å². The van der Waals surface area contributed by atoms with Gasteiger partial charge in [0.2, 0.25) is 0 Å². The van der Waals surface area contributed by atoms with E-state index in [1.165, 1.54) is 0 Å². The smallest absolute Gasteiger partial charge is 0.151 e. The van der Waals surface area contributed by atoms with Gasteiger partial charge >= 0.3 is 0 Å². The Hall–Kier alpha value is -0.880. The summed E-state index contributed by atoms with van der Waals surface area (Å²) in [5.41, 5.74) is 0. The first-order valence-corrected chi connectivity index (χ1v) is 8.02. The highest BCUT2D eigenvalue weighted by Crippen LogP contribution is 2.16. The molecule has 18 heavy (non-hydrogen) atoms. The number of nitrogens with zero attached hydrogens (tertiary/aromatic N) is 2. The topological polar surface area (TPSA) is 72.0 Å². The average Bonchev–Trinajstić information content (AvgIpc) is 2.28. The van der Waals surface area contributed by atoms with Crippen molar-refractivity contribution in [2.24, 2.45) is 0 Å². The van der Waals surface area contributed by atoms with Crippen molar-refractivity contribution in [2.75, 3.05) is 23.4 Å². The van der Waals surface area contributed by atoms with Gasteiger partial charge in [-0.1, -0.05) is 32.4 Å². The molecule has 0 aliphatic heterocycles. The Morgan fingerprint density at radius 3 is 2.61 bits per heavy atom. The van der Waals surface area contributed by atoms with Gasteiger partial charge in [-0.2, -0.15) is 0 Å². The maximum atomic E-state index is 11.3. The van der Waals surface area contributed by atoms with Crippen molar-refractivity contribution >= 4 is 27.3 Å². The van der Waals surface area contributed by atoms with Crippen LogP contribution in [-0.4, -0.2) is 36.4 Å². The molecule has 0 bridgehead atoms. The van der Waals surface area contributed by atoms with Crippen LogP contribution >= 0.6 is 11.6 Å². The summed E-state index contributed by atoms with van der Waals surface area (Å²) in [5, 5.41) is 3.31. The van der Waals surface area contributed by atoms with Crippen LogP contribution in [0.15, 0.2) is 6.07 Å². The fourth-order valence-electron chi connectivity index (χ4n) is 1.26. The molecule has 1 heterocycles. The Balaban J connectivity index is 2.68. The molecule has 1 rings (SSSR count). The number of hydrogen-bond donors (Lipinski definition) is 1. The van der Waals surface area contributed by atoms with Gasteiger partial charge in [0.1, 0.15) is 16.8 Å². The van der Waals surface area contributed by atoms with E-state index in [4.69, 9.17) is 11.6 Å². The van der Waals surface area contributed by atoms with Gasteiger partial charge in [0.05, 0.1) is 5.75 Å². The minimum Gasteiger partial charge on any atom is -0.369 e. The van der Waals surface area contributed by atoms with Crippen LogP contribution in [0.1, 0.15) is 32.5 Å². The Morgan fingerprint density at radius 1 is 1.39 bits per heavy atom. The molecule has 7 heteroatoms. The van der Waals surface area contributed by atoms with Crippen LogP contribution in [0.3, 0.4) is 0 Å². The van der Waals surface area contributed by atoms with Gasteiger partial charge in [0.15, 0.2) is 9.84 Å². The van der Waals surface area contributed by atoms with Crippen molar-refractivity contribution in [2.45, 2.75) is 26.7 Å². The van der Waals surface area contributed by atoms with E-state index in [1.54, 1.807) is 13.0 Å². The molecule has 1 aromatic rings. The van der Waals surface area contributed by atoms with E-state index in [0.717, 1.165) is 0 Å². The van der Waals surface area contributed by atoms with Gasteiger partial charge in [-0.3, -0.25) is 0 Å². The molecule has 1 N–H and O–H groups in total. The first-order valence-electron chi connectivity index (χ1n) is 5.83. The third-order valence-electron chi connectivity index (χ3n) is 2.39. The Morgan fingerprint density at radius 2 is 2.06 bits per heavy atom. The van der Waals surface area contributed by atoms with Gasteiger partial charge in [0.25, 0.3) is 0 Å². The quantitative estimate of drug-likeness (QED) is 0.813. The maximum Gasteiger partial charge on any atom is 0.151 e. The fraction of sp³-hybridized carbons (Fsp3) is 0.636. The molecule has 0 aliphatic rings. The van der Waals surface area contributed by atoms with Crippen molar-refractivity contribution in [3.8, 4) is 0 Å². The maximum absolute atomic E-state index is 11.3. The lowest BCUT2D eigenvalue weighted by atomic mass is 10.2. The summed E-state index contributed by atoms with van der Waals surface area (Å²) in [7, 11) is -2.97. The molecule has 0 radical (unpaired) electrons. The first-order chi connectivity index (χ1) is 8.34. The van der Waals surface area contributed by atoms with Gasteiger partial charge in [-0.25, -0.2) is 18.4 Å². The van der Waals surface area contributed by atoms with Crippen LogP contribution in [0.2, 0.25) is 5.15 Å². The van der Waals surface area contributed by atoms with Crippen molar-refractivity contribution < 1.29 is 8.42 Å². The Bertz CT molecular complexity index is 503. The van der Waals surface area contributed by atoms with Crippen LogP contribution in [0.4, 0.5) is 5.82 Å². The number of halogens is 1. The summed E-state index contributed by atoms with van der Waals surface area (Å²) in [4.78, 5) is 8.38. The Kier molecular flexibility index (Phi) is 5.34. The molecule has 1 aromatic heterocycles. The third kappa shape index (κ3) is 4.78. The van der Waals surface area contributed by atoms with Crippen LogP contribution in [0, 0.1) is 0 Å². The van der Waals surface area contributed by atoms with Crippen molar-refractivity contribution in [1.82, 2.24) is 9.97 Å². The van der Waals surface area contributed by atoms with E-state index >= 15 is 0 Å². The van der Waals surface area contributed by atoms with E-state index in [9.17, 15) is 8.42 Å². The zero-order valence-electron chi connectivity index (χ0n) is 10.8. The molecule has 0 atom stereocenters. The monoisotopic (exact) mass is 291 g/mol. The molecule has 0 aliphatic carbocycles. The number of aromatic nitrogens is 2. The number of anilines is 1. The predicted molar refractivity (Wildman–Crippen MR) is 73.9 cm³/mol. The molecule has 0 aromatic carbocycles. The lowest BCUT2D eigenvalue weighted by molar-refractivity contribution is 0.597. The summed E-state index contributed by atoms with van der Waals surface area (Å²) in [5.74, 6) is 1.61. The van der Waals surface area contributed by atoms with Gasteiger partial charge in [-0.05, 0) is 0 Å². The highest BCUT2D eigenvalue weighted by molar-refractivity contribution is 7.91. The average molecular weight is 292 g/mol.